The highest BCUT2D eigenvalue weighted by molar-refractivity contribution is 6.00. The number of ether oxygens (including phenoxy) is 2. The highest BCUT2D eigenvalue weighted by atomic mass is 16.5. The van der Waals surface area contributed by atoms with Gasteiger partial charge in [0, 0.05) is 25.1 Å². The average Bonchev–Trinajstić information content (AvgIpc) is 2.50. The standard InChI is InChI=1S/C17H23NO3/c1-4-18-9-8-15(19)14(12-18)10-13-6-7-16(20-3)17(11-13)21-5-2/h6-7,10-11H,4-5,8-9,12H2,1-3H3/b14-10+. The van der Waals surface area contributed by atoms with Crippen LogP contribution in [0.15, 0.2) is 23.8 Å². The van der Waals surface area contributed by atoms with Crippen LogP contribution in [-0.2, 0) is 4.79 Å². The van der Waals surface area contributed by atoms with Crippen LogP contribution in [0, 0.1) is 0 Å². The van der Waals surface area contributed by atoms with Gasteiger partial charge in [-0.15, -0.1) is 0 Å². The number of nitrogens with zero attached hydrogens (tertiary/aromatic N) is 1. The summed E-state index contributed by atoms with van der Waals surface area (Å²) in [5.74, 6) is 1.67. The molecule has 4 nitrogen and oxygen atoms in total. The van der Waals surface area contributed by atoms with E-state index in [1.165, 1.54) is 0 Å². The van der Waals surface area contributed by atoms with Gasteiger partial charge in [0.25, 0.3) is 0 Å². The lowest BCUT2D eigenvalue weighted by atomic mass is 10.0. The topological polar surface area (TPSA) is 38.8 Å². The van der Waals surface area contributed by atoms with Gasteiger partial charge in [0.1, 0.15) is 0 Å². The molecule has 0 saturated carbocycles. The van der Waals surface area contributed by atoms with Crippen molar-refractivity contribution in [3.63, 3.8) is 0 Å². The van der Waals surface area contributed by atoms with Crippen LogP contribution >= 0.6 is 0 Å². The van der Waals surface area contributed by atoms with E-state index in [4.69, 9.17) is 9.47 Å². The maximum atomic E-state index is 12.0. The predicted molar refractivity (Wildman–Crippen MR) is 83.9 cm³/mol. The van der Waals surface area contributed by atoms with Crippen molar-refractivity contribution in [2.45, 2.75) is 20.3 Å². The molecule has 1 aromatic carbocycles. The number of benzene rings is 1. The van der Waals surface area contributed by atoms with E-state index in [2.05, 4.69) is 11.8 Å². The molecular formula is C17H23NO3. The summed E-state index contributed by atoms with van der Waals surface area (Å²) in [4.78, 5) is 14.3. The Balaban J connectivity index is 2.26. The van der Waals surface area contributed by atoms with E-state index in [9.17, 15) is 4.79 Å². The van der Waals surface area contributed by atoms with Crippen molar-refractivity contribution in [2.75, 3.05) is 33.4 Å². The molecule has 114 valence electrons. The van der Waals surface area contributed by atoms with Crippen LogP contribution in [-0.4, -0.2) is 44.0 Å². The number of hydrogen-bond donors (Lipinski definition) is 0. The first kappa shape index (κ1) is 15.6. The highest BCUT2D eigenvalue weighted by Crippen LogP contribution is 2.29. The molecule has 0 radical (unpaired) electrons. The first-order chi connectivity index (χ1) is 10.2. The SMILES string of the molecule is CCOc1cc(/C=C2\CN(CC)CCC2=O)ccc1OC. The molecule has 0 amide bonds. The Morgan fingerprint density at radius 3 is 2.76 bits per heavy atom. The highest BCUT2D eigenvalue weighted by Gasteiger charge is 2.20. The zero-order chi connectivity index (χ0) is 15.2. The molecule has 0 aromatic heterocycles. The van der Waals surface area contributed by atoms with Crippen molar-refractivity contribution in [2.24, 2.45) is 0 Å². The summed E-state index contributed by atoms with van der Waals surface area (Å²) in [6, 6.07) is 5.75. The molecule has 0 atom stereocenters. The van der Waals surface area contributed by atoms with Crippen LogP contribution in [0.2, 0.25) is 0 Å². The normalized spacial score (nSPS) is 18.0. The van der Waals surface area contributed by atoms with Crippen molar-refractivity contribution in [3.05, 3.63) is 29.3 Å². The maximum Gasteiger partial charge on any atom is 0.161 e. The van der Waals surface area contributed by atoms with Gasteiger partial charge in [0.15, 0.2) is 17.3 Å². The van der Waals surface area contributed by atoms with Crippen molar-refractivity contribution < 1.29 is 14.3 Å². The summed E-state index contributed by atoms with van der Waals surface area (Å²) < 4.78 is 10.9. The Morgan fingerprint density at radius 1 is 1.29 bits per heavy atom. The van der Waals surface area contributed by atoms with Crippen LogP contribution in [0.5, 0.6) is 11.5 Å². The number of methoxy groups -OCH3 is 1. The van der Waals surface area contributed by atoms with Gasteiger partial charge >= 0.3 is 0 Å². The fraction of sp³-hybridized carbons (Fsp3) is 0.471. The third kappa shape index (κ3) is 3.85. The lowest BCUT2D eigenvalue weighted by Crippen LogP contribution is -2.35. The molecule has 1 fully saturated rings. The Kier molecular flexibility index (Phi) is 5.39. The summed E-state index contributed by atoms with van der Waals surface area (Å²) in [5.41, 5.74) is 1.84. The van der Waals surface area contributed by atoms with Gasteiger partial charge < -0.3 is 9.47 Å². The number of piperidine rings is 1. The van der Waals surface area contributed by atoms with Gasteiger partial charge in [-0.1, -0.05) is 13.0 Å². The largest absolute Gasteiger partial charge is 0.493 e. The van der Waals surface area contributed by atoms with Gasteiger partial charge in [-0.05, 0) is 37.2 Å². The van der Waals surface area contributed by atoms with Crippen LogP contribution < -0.4 is 9.47 Å². The van der Waals surface area contributed by atoms with Crippen LogP contribution in [0.25, 0.3) is 6.08 Å². The lowest BCUT2D eigenvalue weighted by Gasteiger charge is -2.26. The van der Waals surface area contributed by atoms with Gasteiger partial charge in [0.2, 0.25) is 0 Å². The quantitative estimate of drug-likeness (QED) is 0.781. The third-order valence-corrected chi connectivity index (χ3v) is 3.68. The molecular weight excluding hydrogens is 266 g/mol. The van der Waals surface area contributed by atoms with Gasteiger partial charge in [-0.25, -0.2) is 0 Å². The summed E-state index contributed by atoms with van der Waals surface area (Å²) in [6.07, 6.45) is 2.57. The summed E-state index contributed by atoms with van der Waals surface area (Å²) in [7, 11) is 1.62. The fourth-order valence-electron chi connectivity index (χ4n) is 2.48. The first-order valence-electron chi connectivity index (χ1n) is 7.44. The number of likely N-dealkylation sites (N-methyl/N-ethyl adjacent to an activating group) is 1. The predicted octanol–water partition coefficient (Wildman–Crippen LogP) is 2.77. The molecule has 4 heteroatoms. The molecule has 0 spiro atoms. The van der Waals surface area contributed by atoms with E-state index in [-0.39, 0.29) is 5.78 Å². The summed E-state index contributed by atoms with van der Waals surface area (Å²) >= 11 is 0. The first-order valence-corrected chi connectivity index (χ1v) is 7.44. The van der Waals surface area contributed by atoms with Crippen molar-refractivity contribution in [3.8, 4) is 11.5 Å². The van der Waals surface area contributed by atoms with Crippen molar-refractivity contribution >= 4 is 11.9 Å². The second-order valence-electron chi connectivity index (χ2n) is 5.05. The van der Waals surface area contributed by atoms with Crippen LogP contribution in [0.3, 0.4) is 0 Å². The average molecular weight is 289 g/mol. The lowest BCUT2D eigenvalue weighted by molar-refractivity contribution is -0.117. The van der Waals surface area contributed by atoms with Gasteiger partial charge in [0.05, 0.1) is 13.7 Å². The number of carbonyl (C=O) groups excluding carboxylic acids is 1. The van der Waals surface area contributed by atoms with E-state index < -0.39 is 0 Å². The Hall–Kier alpha value is -1.81. The van der Waals surface area contributed by atoms with Crippen molar-refractivity contribution in [1.29, 1.82) is 0 Å². The Morgan fingerprint density at radius 2 is 2.10 bits per heavy atom. The van der Waals surface area contributed by atoms with E-state index in [0.29, 0.717) is 24.5 Å². The molecule has 21 heavy (non-hydrogen) atoms. The van der Waals surface area contributed by atoms with Gasteiger partial charge in [-0.3, -0.25) is 9.69 Å². The van der Waals surface area contributed by atoms with Crippen molar-refractivity contribution in [1.82, 2.24) is 4.90 Å². The van der Waals surface area contributed by atoms with Crippen LogP contribution in [0.1, 0.15) is 25.8 Å². The number of likely N-dealkylation sites (tertiary alicyclic amines) is 1. The van der Waals surface area contributed by atoms with E-state index in [1.54, 1.807) is 7.11 Å². The monoisotopic (exact) mass is 289 g/mol. The molecule has 0 aliphatic carbocycles. The summed E-state index contributed by atoms with van der Waals surface area (Å²) in [6.45, 7) is 7.20. The molecule has 1 aliphatic heterocycles. The second-order valence-corrected chi connectivity index (χ2v) is 5.05. The number of rotatable bonds is 5. The number of carbonyl (C=O) groups is 1. The summed E-state index contributed by atoms with van der Waals surface area (Å²) in [5, 5.41) is 0. The maximum absolute atomic E-state index is 12.0. The van der Waals surface area contributed by atoms with Crippen LogP contribution in [0.4, 0.5) is 0 Å². The minimum absolute atomic E-state index is 0.244. The number of hydrogen-bond acceptors (Lipinski definition) is 4. The second kappa shape index (κ2) is 7.27. The zero-order valence-corrected chi connectivity index (χ0v) is 13.0. The fourth-order valence-corrected chi connectivity index (χ4v) is 2.48. The molecule has 1 heterocycles. The number of Topliss-reactive ketones (excluding diaryl/α,β-unsaturated/α-hetero) is 1. The Bertz CT molecular complexity index is 537. The number of ketones is 1. The van der Waals surface area contributed by atoms with E-state index >= 15 is 0 Å². The molecule has 1 aromatic rings. The smallest absolute Gasteiger partial charge is 0.161 e. The minimum Gasteiger partial charge on any atom is -0.493 e. The molecule has 1 aliphatic rings. The molecule has 0 bridgehead atoms. The van der Waals surface area contributed by atoms with Gasteiger partial charge in [-0.2, -0.15) is 0 Å². The molecule has 2 rings (SSSR count). The van der Waals surface area contributed by atoms with E-state index in [1.807, 2.05) is 31.2 Å². The molecule has 1 saturated heterocycles. The molecule has 0 N–H and O–H groups in total. The zero-order valence-electron chi connectivity index (χ0n) is 13.0. The third-order valence-electron chi connectivity index (χ3n) is 3.68. The minimum atomic E-state index is 0.244. The van der Waals surface area contributed by atoms with E-state index in [0.717, 1.165) is 30.8 Å². The Labute approximate surface area is 126 Å². The molecule has 0 unspecified atom stereocenters.